The molecule has 0 rings (SSSR count). The second-order valence-electron chi connectivity index (χ2n) is 3.89. The molecule has 20 heavy (non-hydrogen) atoms. The average Bonchev–Trinajstić information content (AvgIpc) is 2.47. The molecule has 0 fully saturated rings. The summed E-state index contributed by atoms with van der Waals surface area (Å²) in [6.45, 7) is 0.485. The first-order chi connectivity index (χ1) is 9.54. The first-order valence-corrected chi connectivity index (χ1v) is 6.23. The first-order valence-electron chi connectivity index (χ1n) is 6.23. The first kappa shape index (κ1) is 17.9. The van der Waals surface area contributed by atoms with Gasteiger partial charge in [0.05, 0.1) is 27.4 Å². The Bertz CT molecular complexity index is 364. The summed E-state index contributed by atoms with van der Waals surface area (Å²) in [6, 6.07) is 0. The van der Waals surface area contributed by atoms with E-state index in [1.165, 1.54) is 21.3 Å². The van der Waals surface area contributed by atoms with Crippen molar-refractivity contribution < 1.29 is 28.6 Å². The Balaban J connectivity index is 4.04. The van der Waals surface area contributed by atoms with Gasteiger partial charge in [0.2, 0.25) is 0 Å². The van der Waals surface area contributed by atoms with Crippen molar-refractivity contribution in [3.05, 3.63) is 11.8 Å². The Hall–Kier alpha value is -2.05. The molecule has 0 radical (unpaired) electrons. The van der Waals surface area contributed by atoms with E-state index in [9.17, 15) is 14.4 Å². The predicted molar refractivity (Wildman–Crippen MR) is 70.6 cm³/mol. The monoisotopic (exact) mass is 287 g/mol. The van der Waals surface area contributed by atoms with Crippen LogP contribution in [0.3, 0.4) is 0 Å². The fraction of sp³-hybridized carbons (Fsp3) is 0.615. The van der Waals surface area contributed by atoms with Crippen LogP contribution >= 0.6 is 0 Å². The molecule has 0 aromatic rings. The number of rotatable bonds is 9. The summed E-state index contributed by atoms with van der Waals surface area (Å²) in [7, 11) is 3.80. The average molecular weight is 287 g/mol. The lowest BCUT2D eigenvalue weighted by atomic mass is 10.2. The minimum Gasteiger partial charge on any atom is -0.469 e. The third-order valence-corrected chi connectivity index (χ3v) is 2.47. The van der Waals surface area contributed by atoms with E-state index < -0.39 is 11.9 Å². The van der Waals surface area contributed by atoms with Crippen LogP contribution in [0.1, 0.15) is 25.7 Å². The molecule has 7 nitrogen and oxygen atoms in total. The highest BCUT2D eigenvalue weighted by Gasteiger charge is 2.11. The number of esters is 3. The van der Waals surface area contributed by atoms with Crippen molar-refractivity contribution >= 4 is 17.9 Å². The summed E-state index contributed by atoms with van der Waals surface area (Å²) in [5.74, 6) is -1.51. The lowest BCUT2D eigenvalue weighted by Crippen LogP contribution is -2.24. The molecule has 0 atom stereocenters. The van der Waals surface area contributed by atoms with E-state index in [0.717, 1.165) is 18.9 Å². The molecule has 0 saturated heterocycles. The van der Waals surface area contributed by atoms with Crippen LogP contribution in [0.2, 0.25) is 0 Å². The van der Waals surface area contributed by atoms with Crippen LogP contribution in [-0.4, -0.2) is 45.8 Å². The van der Waals surface area contributed by atoms with Crippen LogP contribution in [-0.2, 0) is 28.6 Å². The fourth-order valence-electron chi connectivity index (χ4n) is 1.37. The highest BCUT2D eigenvalue weighted by molar-refractivity contribution is 5.95. The van der Waals surface area contributed by atoms with Gasteiger partial charge in [-0.25, -0.2) is 9.59 Å². The maximum Gasteiger partial charge on any atom is 0.354 e. The summed E-state index contributed by atoms with van der Waals surface area (Å²) < 4.78 is 13.5. The largest absolute Gasteiger partial charge is 0.469 e. The Morgan fingerprint density at radius 2 is 1.65 bits per heavy atom. The minimum absolute atomic E-state index is 0.0484. The number of methoxy groups -OCH3 is 3. The maximum absolute atomic E-state index is 11.4. The highest BCUT2D eigenvalue weighted by atomic mass is 16.5. The Morgan fingerprint density at radius 3 is 2.20 bits per heavy atom. The lowest BCUT2D eigenvalue weighted by molar-refractivity contribution is -0.140. The van der Waals surface area contributed by atoms with Gasteiger partial charge in [-0.3, -0.25) is 4.79 Å². The summed E-state index contributed by atoms with van der Waals surface area (Å²) in [5.41, 5.74) is 0.0484. The molecular formula is C13H21NO6. The van der Waals surface area contributed by atoms with Gasteiger partial charge in [0.25, 0.3) is 0 Å². The maximum atomic E-state index is 11.4. The van der Waals surface area contributed by atoms with Crippen LogP contribution < -0.4 is 5.32 Å². The van der Waals surface area contributed by atoms with Gasteiger partial charge < -0.3 is 19.5 Å². The van der Waals surface area contributed by atoms with Gasteiger partial charge >= 0.3 is 17.9 Å². The standard InChI is InChI=1S/C13H21NO6/c1-18-11(15)7-5-4-6-8-14-10(13(17)20-3)9-12(16)19-2/h9,14H,4-8H2,1-3H3/b10-9+. The second kappa shape index (κ2) is 10.8. The van der Waals surface area contributed by atoms with Crippen LogP contribution in [0.4, 0.5) is 0 Å². The summed E-state index contributed by atoms with van der Waals surface area (Å²) in [5, 5.41) is 2.81. The van der Waals surface area contributed by atoms with E-state index in [0.29, 0.717) is 19.4 Å². The molecule has 0 unspecified atom stereocenters. The van der Waals surface area contributed by atoms with Crippen LogP contribution in [0.5, 0.6) is 0 Å². The van der Waals surface area contributed by atoms with E-state index in [1.807, 2.05) is 0 Å². The molecule has 7 heteroatoms. The van der Waals surface area contributed by atoms with E-state index >= 15 is 0 Å². The van der Waals surface area contributed by atoms with Crippen molar-refractivity contribution in [1.82, 2.24) is 5.32 Å². The lowest BCUT2D eigenvalue weighted by Gasteiger charge is -2.08. The van der Waals surface area contributed by atoms with E-state index in [2.05, 4.69) is 19.5 Å². The van der Waals surface area contributed by atoms with Crippen molar-refractivity contribution in [1.29, 1.82) is 0 Å². The van der Waals surface area contributed by atoms with Crippen molar-refractivity contribution in [2.45, 2.75) is 25.7 Å². The number of carbonyl (C=O) groups excluding carboxylic acids is 3. The SMILES string of the molecule is COC(=O)/C=C(/NCCCCCC(=O)OC)C(=O)OC. The molecule has 0 aliphatic heterocycles. The van der Waals surface area contributed by atoms with Gasteiger partial charge in [-0.15, -0.1) is 0 Å². The van der Waals surface area contributed by atoms with Gasteiger partial charge in [0, 0.05) is 13.0 Å². The quantitative estimate of drug-likeness (QED) is 0.286. The number of ether oxygens (including phenoxy) is 3. The number of hydrogen-bond donors (Lipinski definition) is 1. The van der Waals surface area contributed by atoms with Crippen molar-refractivity contribution in [2.24, 2.45) is 0 Å². The van der Waals surface area contributed by atoms with Crippen molar-refractivity contribution in [2.75, 3.05) is 27.9 Å². The molecule has 114 valence electrons. The topological polar surface area (TPSA) is 90.9 Å². The Morgan fingerprint density at radius 1 is 0.950 bits per heavy atom. The number of hydrogen-bond acceptors (Lipinski definition) is 7. The molecule has 0 aliphatic carbocycles. The van der Waals surface area contributed by atoms with Gasteiger partial charge in [-0.1, -0.05) is 6.42 Å². The van der Waals surface area contributed by atoms with Gasteiger partial charge in [0.15, 0.2) is 0 Å². The number of unbranched alkanes of at least 4 members (excludes halogenated alkanes) is 2. The minimum atomic E-state index is -0.636. The Labute approximate surface area is 118 Å². The van der Waals surface area contributed by atoms with Crippen molar-refractivity contribution in [3.63, 3.8) is 0 Å². The smallest absolute Gasteiger partial charge is 0.354 e. The molecule has 1 N–H and O–H groups in total. The molecule has 0 heterocycles. The number of nitrogens with one attached hydrogen (secondary N) is 1. The molecule has 0 saturated carbocycles. The van der Waals surface area contributed by atoms with Gasteiger partial charge in [-0.05, 0) is 12.8 Å². The molecule has 0 spiro atoms. The Kier molecular flexibility index (Phi) is 9.72. The third-order valence-electron chi connectivity index (χ3n) is 2.47. The summed E-state index contributed by atoms with van der Waals surface area (Å²) in [6.07, 6.45) is 3.67. The molecule has 0 amide bonds. The molecule has 0 aromatic carbocycles. The van der Waals surface area contributed by atoms with E-state index in [-0.39, 0.29) is 11.7 Å². The van der Waals surface area contributed by atoms with Crippen molar-refractivity contribution in [3.8, 4) is 0 Å². The van der Waals surface area contributed by atoms with E-state index in [1.54, 1.807) is 0 Å². The van der Waals surface area contributed by atoms with Gasteiger partial charge in [-0.2, -0.15) is 0 Å². The number of carbonyl (C=O) groups is 3. The predicted octanol–water partition coefficient (Wildman–Crippen LogP) is 0.539. The molecule has 0 aliphatic rings. The highest BCUT2D eigenvalue weighted by Crippen LogP contribution is 2.01. The second-order valence-corrected chi connectivity index (χ2v) is 3.89. The summed E-state index contributed by atoms with van der Waals surface area (Å²) in [4.78, 5) is 33.4. The zero-order valence-corrected chi connectivity index (χ0v) is 12.1. The molecule has 0 aromatic heterocycles. The van der Waals surface area contributed by atoms with Crippen LogP contribution in [0.25, 0.3) is 0 Å². The van der Waals surface area contributed by atoms with Crippen LogP contribution in [0.15, 0.2) is 11.8 Å². The normalized spacial score (nSPS) is 10.7. The summed E-state index contributed by atoms with van der Waals surface area (Å²) >= 11 is 0. The van der Waals surface area contributed by atoms with Crippen LogP contribution in [0, 0.1) is 0 Å². The zero-order chi connectivity index (χ0) is 15.4. The molecule has 0 bridgehead atoms. The van der Waals surface area contributed by atoms with Gasteiger partial charge in [0.1, 0.15) is 5.70 Å². The third kappa shape index (κ3) is 8.12. The molecular weight excluding hydrogens is 266 g/mol. The van der Waals surface area contributed by atoms with E-state index in [4.69, 9.17) is 0 Å². The zero-order valence-electron chi connectivity index (χ0n) is 12.1. The fourth-order valence-corrected chi connectivity index (χ4v) is 1.37.